The molecule has 2 N–H and O–H groups in total. The molecule has 5 heteroatoms. The first kappa shape index (κ1) is 15.6. The fraction of sp³-hybridized carbons (Fsp3) is 0.211. The Morgan fingerprint density at radius 3 is 2.79 bits per heavy atom. The third kappa shape index (κ3) is 2.48. The summed E-state index contributed by atoms with van der Waals surface area (Å²) in [6, 6.07) is 11.2. The maximum atomic E-state index is 11.3. The molecular weight excluding hydrogens is 345 g/mol. The van der Waals surface area contributed by atoms with Gasteiger partial charge in [0, 0.05) is 10.9 Å². The molecule has 122 valence electrons. The maximum Gasteiger partial charge on any atom is 0.335 e. The normalized spacial score (nSPS) is 24.2. The molecule has 0 saturated heterocycles. The number of carboxylic acids is 1. The van der Waals surface area contributed by atoms with Crippen LogP contribution in [0.5, 0.6) is 0 Å². The van der Waals surface area contributed by atoms with Crippen molar-refractivity contribution in [3.63, 3.8) is 0 Å². The van der Waals surface area contributed by atoms with E-state index in [4.69, 9.17) is 23.2 Å². The number of hydrogen-bond donors (Lipinski definition) is 2. The Bertz CT molecular complexity index is 862. The van der Waals surface area contributed by atoms with Gasteiger partial charge in [-0.25, -0.2) is 4.79 Å². The van der Waals surface area contributed by atoms with Crippen molar-refractivity contribution in [2.45, 2.75) is 18.4 Å². The van der Waals surface area contributed by atoms with E-state index in [1.807, 2.05) is 18.2 Å². The Balaban J connectivity index is 1.83. The lowest BCUT2D eigenvalue weighted by Crippen LogP contribution is -2.29. The molecule has 0 bridgehead atoms. The van der Waals surface area contributed by atoms with Crippen LogP contribution in [0.3, 0.4) is 0 Å². The lowest BCUT2D eigenvalue weighted by atomic mass is 9.76. The van der Waals surface area contributed by atoms with Gasteiger partial charge >= 0.3 is 5.97 Å². The number of nitrogens with one attached hydrogen (secondary N) is 1. The smallest absolute Gasteiger partial charge is 0.335 e. The lowest BCUT2D eigenvalue weighted by Gasteiger charge is -2.38. The van der Waals surface area contributed by atoms with Crippen LogP contribution in [0.15, 0.2) is 48.6 Å². The molecule has 2 aliphatic rings. The zero-order valence-corrected chi connectivity index (χ0v) is 14.2. The predicted molar refractivity (Wildman–Crippen MR) is 96.2 cm³/mol. The first-order valence-corrected chi connectivity index (χ1v) is 8.55. The first-order chi connectivity index (χ1) is 11.5. The predicted octanol–water partition coefficient (Wildman–Crippen LogP) is 5.52. The average molecular weight is 360 g/mol. The van der Waals surface area contributed by atoms with E-state index >= 15 is 0 Å². The number of anilines is 1. The highest BCUT2D eigenvalue weighted by molar-refractivity contribution is 6.34. The number of allylic oxidation sites excluding steroid dienone is 2. The molecule has 0 amide bonds. The second-order valence-electron chi connectivity index (χ2n) is 6.26. The van der Waals surface area contributed by atoms with Crippen LogP contribution < -0.4 is 5.32 Å². The number of hydrogen-bond acceptors (Lipinski definition) is 2. The summed E-state index contributed by atoms with van der Waals surface area (Å²) < 4.78 is 0. The summed E-state index contributed by atoms with van der Waals surface area (Å²) in [4.78, 5) is 11.3. The molecule has 0 saturated carbocycles. The minimum Gasteiger partial charge on any atom is -0.478 e. The van der Waals surface area contributed by atoms with Gasteiger partial charge in [-0.3, -0.25) is 0 Å². The standard InChI is InChI=1S/C19H15Cl2NO2/c20-12-4-1-3-10(7-12)17-14-6-2-5-13(14)15-8-11(19(23)24)9-16(21)18(15)22-17/h1-5,7-9,13-14,17,22H,6H2,(H,23,24)/t13-,14+,17+/m0/s1. The molecule has 0 fully saturated rings. The van der Waals surface area contributed by atoms with Gasteiger partial charge in [-0.15, -0.1) is 0 Å². The van der Waals surface area contributed by atoms with E-state index in [9.17, 15) is 9.90 Å². The van der Waals surface area contributed by atoms with Crippen LogP contribution >= 0.6 is 23.2 Å². The number of carbonyl (C=O) groups is 1. The molecule has 24 heavy (non-hydrogen) atoms. The molecular formula is C19H15Cl2NO2. The Morgan fingerprint density at radius 2 is 2.04 bits per heavy atom. The zero-order chi connectivity index (χ0) is 16.8. The van der Waals surface area contributed by atoms with Crippen molar-refractivity contribution < 1.29 is 9.90 Å². The second kappa shape index (κ2) is 5.83. The summed E-state index contributed by atoms with van der Waals surface area (Å²) in [5.41, 5.74) is 3.11. The van der Waals surface area contributed by atoms with Crippen LogP contribution in [0, 0.1) is 5.92 Å². The topological polar surface area (TPSA) is 49.3 Å². The van der Waals surface area contributed by atoms with Crippen LogP contribution in [0.4, 0.5) is 5.69 Å². The highest BCUT2D eigenvalue weighted by Crippen LogP contribution is 2.51. The minimum atomic E-state index is -0.963. The van der Waals surface area contributed by atoms with Crippen LogP contribution in [0.2, 0.25) is 10.0 Å². The molecule has 1 aliphatic heterocycles. The summed E-state index contributed by atoms with van der Waals surface area (Å²) >= 11 is 12.5. The average Bonchev–Trinajstić information content (AvgIpc) is 3.04. The number of halogens is 2. The number of rotatable bonds is 2. The van der Waals surface area contributed by atoms with E-state index in [1.165, 1.54) is 6.07 Å². The Hall–Kier alpha value is -1.97. The van der Waals surface area contributed by atoms with Gasteiger partial charge in [0.05, 0.1) is 22.3 Å². The van der Waals surface area contributed by atoms with Gasteiger partial charge in [0.1, 0.15) is 0 Å². The summed E-state index contributed by atoms with van der Waals surface area (Å²) in [5, 5.41) is 14.0. The van der Waals surface area contributed by atoms with Crippen LogP contribution in [0.25, 0.3) is 0 Å². The molecule has 2 aromatic carbocycles. The molecule has 0 radical (unpaired) electrons. The third-order valence-corrected chi connectivity index (χ3v) is 5.41. The molecule has 4 rings (SSSR count). The second-order valence-corrected chi connectivity index (χ2v) is 7.10. The molecule has 1 heterocycles. The van der Waals surface area contributed by atoms with E-state index in [0.29, 0.717) is 16.0 Å². The number of aromatic carboxylic acids is 1. The molecule has 3 atom stereocenters. The van der Waals surface area contributed by atoms with Gasteiger partial charge in [0.25, 0.3) is 0 Å². The first-order valence-electron chi connectivity index (χ1n) is 7.80. The summed E-state index contributed by atoms with van der Waals surface area (Å²) in [5.74, 6) is -0.492. The Labute approximate surface area is 149 Å². The number of carboxylic acid groups (broad SMARTS) is 1. The van der Waals surface area contributed by atoms with Crippen LogP contribution in [-0.2, 0) is 0 Å². The maximum absolute atomic E-state index is 11.3. The summed E-state index contributed by atoms with van der Waals surface area (Å²) in [7, 11) is 0. The number of benzene rings is 2. The van der Waals surface area contributed by atoms with Gasteiger partial charge in [-0.05, 0) is 47.7 Å². The van der Waals surface area contributed by atoms with Gasteiger partial charge in [-0.1, -0.05) is 47.5 Å². The van der Waals surface area contributed by atoms with Gasteiger partial charge in [0.15, 0.2) is 0 Å². The van der Waals surface area contributed by atoms with Crippen LogP contribution in [0.1, 0.15) is 39.9 Å². The highest BCUT2D eigenvalue weighted by atomic mass is 35.5. The van der Waals surface area contributed by atoms with E-state index < -0.39 is 5.97 Å². The zero-order valence-electron chi connectivity index (χ0n) is 12.7. The third-order valence-electron chi connectivity index (χ3n) is 4.88. The largest absolute Gasteiger partial charge is 0.478 e. The fourth-order valence-electron chi connectivity index (χ4n) is 3.81. The van der Waals surface area contributed by atoms with Crippen LogP contribution in [-0.4, -0.2) is 11.1 Å². The monoisotopic (exact) mass is 359 g/mol. The van der Waals surface area contributed by atoms with Crippen molar-refractivity contribution in [1.29, 1.82) is 0 Å². The summed E-state index contributed by atoms with van der Waals surface area (Å²) in [6.45, 7) is 0. The van der Waals surface area contributed by atoms with Crippen molar-refractivity contribution in [2.75, 3.05) is 5.32 Å². The lowest BCUT2D eigenvalue weighted by molar-refractivity contribution is 0.0696. The van der Waals surface area contributed by atoms with Crippen molar-refractivity contribution in [3.8, 4) is 0 Å². The molecule has 0 unspecified atom stereocenters. The molecule has 1 aliphatic carbocycles. The summed E-state index contributed by atoms with van der Waals surface area (Å²) in [6.07, 6.45) is 5.25. The number of fused-ring (bicyclic) bond motifs is 3. The van der Waals surface area contributed by atoms with E-state index in [2.05, 4.69) is 23.5 Å². The highest BCUT2D eigenvalue weighted by Gasteiger charge is 2.39. The quantitative estimate of drug-likeness (QED) is 0.694. The van der Waals surface area contributed by atoms with Crippen molar-refractivity contribution in [1.82, 2.24) is 0 Å². The SMILES string of the molecule is O=C(O)c1cc(Cl)c2c(c1)[C@H]1C=CC[C@H]1[C@@H](c1cccc(Cl)c1)N2. The van der Waals surface area contributed by atoms with Gasteiger partial charge in [0.2, 0.25) is 0 Å². The van der Waals surface area contributed by atoms with Crippen molar-refractivity contribution in [2.24, 2.45) is 5.92 Å². The minimum absolute atomic E-state index is 0.0874. The van der Waals surface area contributed by atoms with E-state index in [0.717, 1.165) is 23.2 Å². The molecule has 3 nitrogen and oxygen atoms in total. The van der Waals surface area contributed by atoms with E-state index in [-0.39, 0.29) is 17.5 Å². The van der Waals surface area contributed by atoms with E-state index in [1.54, 1.807) is 6.07 Å². The van der Waals surface area contributed by atoms with Crippen molar-refractivity contribution in [3.05, 3.63) is 75.3 Å². The molecule has 0 spiro atoms. The Kier molecular flexibility index (Phi) is 3.78. The molecule has 0 aromatic heterocycles. The van der Waals surface area contributed by atoms with Gasteiger partial charge < -0.3 is 10.4 Å². The Morgan fingerprint density at radius 1 is 1.21 bits per heavy atom. The fourth-order valence-corrected chi connectivity index (χ4v) is 4.29. The van der Waals surface area contributed by atoms with Gasteiger partial charge in [-0.2, -0.15) is 0 Å². The van der Waals surface area contributed by atoms with Crippen molar-refractivity contribution >= 4 is 34.9 Å². The molecule has 2 aromatic rings.